The van der Waals surface area contributed by atoms with Gasteiger partial charge in [-0.15, -0.1) is 0 Å². The summed E-state index contributed by atoms with van der Waals surface area (Å²) < 4.78 is 15.7. The van der Waals surface area contributed by atoms with Gasteiger partial charge in [-0.1, -0.05) is 6.07 Å². The Bertz CT molecular complexity index is 766. The minimum absolute atomic E-state index is 0.0326. The Kier molecular flexibility index (Phi) is 6.70. The Hall–Kier alpha value is -2.38. The molecule has 28 heavy (non-hydrogen) atoms. The van der Waals surface area contributed by atoms with Crippen LogP contribution in [0.25, 0.3) is 0 Å². The molecule has 1 fully saturated rings. The van der Waals surface area contributed by atoms with Gasteiger partial charge in [-0.3, -0.25) is 9.69 Å². The second-order valence-electron chi connectivity index (χ2n) is 7.14. The normalized spacial score (nSPS) is 20.4. The van der Waals surface area contributed by atoms with E-state index in [0.29, 0.717) is 12.2 Å². The zero-order valence-electron chi connectivity index (χ0n) is 16.4. The molecular formula is C21H27NO6. The van der Waals surface area contributed by atoms with Crippen molar-refractivity contribution in [3.8, 4) is 5.75 Å². The fraction of sp³-hybridized carbons (Fsp3) is 0.524. The van der Waals surface area contributed by atoms with E-state index >= 15 is 0 Å². The van der Waals surface area contributed by atoms with Crippen molar-refractivity contribution >= 4 is 11.8 Å². The number of rotatable bonds is 8. The van der Waals surface area contributed by atoms with Gasteiger partial charge >= 0.3 is 5.97 Å². The first-order valence-electron chi connectivity index (χ1n) is 9.60. The fourth-order valence-corrected chi connectivity index (χ4v) is 3.54. The number of cyclic esters (lactones) is 1. The predicted octanol–water partition coefficient (Wildman–Crippen LogP) is 1.97. The van der Waals surface area contributed by atoms with E-state index in [2.05, 4.69) is 4.90 Å². The van der Waals surface area contributed by atoms with Crippen LogP contribution in [0.15, 0.2) is 29.5 Å². The number of Topliss-reactive ketones (excluding diaryl/α,β-unsaturated/α-hetero) is 1. The van der Waals surface area contributed by atoms with E-state index in [0.717, 1.165) is 50.4 Å². The molecule has 7 nitrogen and oxygen atoms in total. The molecule has 1 atom stereocenters. The van der Waals surface area contributed by atoms with Crippen LogP contribution in [0, 0.1) is 6.92 Å². The number of nitrogens with zero attached hydrogens (tertiary/aromatic N) is 1. The molecule has 0 bridgehead atoms. The molecule has 0 radical (unpaired) electrons. The molecule has 152 valence electrons. The van der Waals surface area contributed by atoms with Crippen molar-refractivity contribution in [1.29, 1.82) is 0 Å². The molecule has 1 aromatic rings. The van der Waals surface area contributed by atoms with Crippen molar-refractivity contribution in [3.05, 3.63) is 40.7 Å². The molecule has 1 unspecified atom stereocenters. The third-order valence-electron chi connectivity index (χ3n) is 5.24. The average molecular weight is 389 g/mol. The Labute approximate surface area is 164 Å². The number of carbonyl (C=O) groups is 2. The monoisotopic (exact) mass is 389 g/mol. The first-order valence-corrected chi connectivity index (χ1v) is 9.60. The van der Waals surface area contributed by atoms with Gasteiger partial charge in [0.25, 0.3) is 0 Å². The van der Waals surface area contributed by atoms with Gasteiger partial charge in [0.1, 0.15) is 11.3 Å². The van der Waals surface area contributed by atoms with Crippen LogP contribution in [0.2, 0.25) is 0 Å². The first-order chi connectivity index (χ1) is 13.5. The van der Waals surface area contributed by atoms with E-state index < -0.39 is 17.9 Å². The van der Waals surface area contributed by atoms with Crippen molar-refractivity contribution in [2.75, 3.05) is 40.0 Å². The fourth-order valence-electron chi connectivity index (χ4n) is 3.54. The van der Waals surface area contributed by atoms with E-state index in [9.17, 15) is 14.7 Å². The van der Waals surface area contributed by atoms with Crippen molar-refractivity contribution < 1.29 is 28.9 Å². The Balaban J connectivity index is 1.59. The minimum Gasteiger partial charge on any atom is -0.507 e. The molecule has 0 aliphatic carbocycles. The maximum atomic E-state index is 12.6. The predicted molar refractivity (Wildman–Crippen MR) is 102 cm³/mol. The van der Waals surface area contributed by atoms with E-state index in [1.807, 2.05) is 13.0 Å². The van der Waals surface area contributed by atoms with E-state index in [1.165, 1.54) is 0 Å². The lowest BCUT2D eigenvalue weighted by atomic mass is 9.98. The second kappa shape index (κ2) is 9.21. The first kappa shape index (κ1) is 20.4. The quantitative estimate of drug-likeness (QED) is 0.537. The van der Waals surface area contributed by atoms with Gasteiger partial charge in [-0.2, -0.15) is 0 Å². The number of ether oxygens (including phenoxy) is 3. The Morgan fingerprint density at radius 3 is 2.75 bits per heavy atom. The number of ketones is 1. The van der Waals surface area contributed by atoms with Crippen LogP contribution in [0.1, 0.15) is 24.0 Å². The van der Waals surface area contributed by atoms with Crippen molar-refractivity contribution in [2.45, 2.75) is 32.3 Å². The highest BCUT2D eigenvalue weighted by molar-refractivity contribution is 6.19. The van der Waals surface area contributed by atoms with Crippen LogP contribution in [0.4, 0.5) is 0 Å². The lowest BCUT2D eigenvalue weighted by Gasteiger charge is -2.26. The average Bonchev–Trinajstić information content (AvgIpc) is 2.97. The number of aliphatic hydroxyl groups is 1. The summed E-state index contributed by atoms with van der Waals surface area (Å²) in [5.74, 6) is -0.684. The topological polar surface area (TPSA) is 85.3 Å². The lowest BCUT2D eigenvalue weighted by Crippen LogP contribution is -2.37. The number of aliphatic hydroxyl groups excluding tert-OH is 1. The molecular weight excluding hydrogens is 362 g/mol. The molecule has 2 aliphatic rings. The van der Waals surface area contributed by atoms with Gasteiger partial charge < -0.3 is 19.3 Å². The third kappa shape index (κ3) is 4.72. The van der Waals surface area contributed by atoms with Gasteiger partial charge in [0.15, 0.2) is 17.6 Å². The van der Waals surface area contributed by atoms with Gasteiger partial charge in [-0.25, -0.2) is 4.79 Å². The molecule has 0 saturated carbocycles. The summed E-state index contributed by atoms with van der Waals surface area (Å²) in [5, 5.41) is 10.4. The molecule has 1 N–H and O–H groups in total. The van der Waals surface area contributed by atoms with Crippen molar-refractivity contribution in [1.82, 2.24) is 4.90 Å². The molecule has 2 aliphatic heterocycles. The SMILES string of the molecule is COc1ccc(CC(=O)C2=C(O)C(CCCN3CCOCC3)OC2=O)c(C)c1. The summed E-state index contributed by atoms with van der Waals surface area (Å²) in [6.45, 7) is 5.95. The van der Waals surface area contributed by atoms with Crippen molar-refractivity contribution in [3.63, 3.8) is 0 Å². The third-order valence-corrected chi connectivity index (χ3v) is 5.24. The highest BCUT2D eigenvalue weighted by Crippen LogP contribution is 2.27. The number of methoxy groups -OCH3 is 1. The molecule has 0 amide bonds. The maximum absolute atomic E-state index is 12.6. The van der Waals surface area contributed by atoms with Gasteiger partial charge in [-0.05, 0) is 49.6 Å². The summed E-state index contributed by atoms with van der Waals surface area (Å²) in [7, 11) is 1.58. The van der Waals surface area contributed by atoms with Crippen LogP contribution in [0.3, 0.4) is 0 Å². The lowest BCUT2D eigenvalue weighted by molar-refractivity contribution is -0.141. The van der Waals surface area contributed by atoms with E-state index in [4.69, 9.17) is 14.2 Å². The molecule has 1 saturated heterocycles. The highest BCUT2D eigenvalue weighted by atomic mass is 16.6. The standard InChI is InChI=1S/C21H27NO6/c1-14-12-16(26-2)6-5-15(14)13-17(23)19-20(24)18(28-21(19)25)4-3-7-22-8-10-27-11-9-22/h5-6,12,18,24H,3-4,7-11,13H2,1-2H3. The largest absolute Gasteiger partial charge is 0.507 e. The second-order valence-corrected chi connectivity index (χ2v) is 7.14. The number of esters is 1. The summed E-state index contributed by atoms with van der Waals surface area (Å²) in [5.41, 5.74) is 1.46. The molecule has 3 rings (SSSR count). The number of benzene rings is 1. The molecule has 1 aromatic carbocycles. The molecule has 0 spiro atoms. The van der Waals surface area contributed by atoms with Gasteiger partial charge in [0.05, 0.1) is 20.3 Å². The zero-order valence-corrected chi connectivity index (χ0v) is 16.4. The Morgan fingerprint density at radius 1 is 1.32 bits per heavy atom. The summed E-state index contributed by atoms with van der Waals surface area (Å²) in [4.78, 5) is 27.1. The van der Waals surface area contributed by atoms with Crippen LogP contribution >= 0.6 is 0 Å². The number of carbonyl (C=O) groups excluding carboxylic acids is 2. The van der Waals surface area contributed by atoms with Crippen LogP contribution in [0.5, 0.6) is 5.75 Å². The summed E-state index contributed by atoms with van der Waals surface area (Å²) >= 11 is 0. The van der Waals surface area contributed by atoms with Crippen LogP contribution in [-0.4, -0.2) is 67.8 Å². The van der Waals surface area contributed by atoms with Gasteiger partial charge in [0, 0.05) is 19.5 Å². The Morgan fingerprint density at radius 2 is 2.07 bits per heavy atom. The van der Waals surface area contributed by atoms with Crippen LogP contribution in [-0.2, 0) is 25.5 Å². The molecule has 2 heterocycles. The maximum Gasteiger partial charge on any atom is 0.346 e. The smallest absolute Gasteiger partial charge is 0.346 e. The minimum atomic E-state index is -0.732. The number of hydrogen-bond acceptors (Lipinski definition) is 7. The van der Waals surface area contributed by atoms with E-state index in [1.54, 1.807) is 19.2 Å². The van der Waals surface area contributed by atoms with Crippen molar-refractivity contribution in [2.24, 2.45) is 0 Å². The highest BCUT2D eigenvalue weighted by Gasteiger charge is 2.37. The zero-order chi connectivity index (χ0) is 20.1. The number of morpholine rings is 1. The number of hydrogen-bond donors (Lipinski definition) is 1. The molecule has 7 heteroatoms. The number of aryl methyl sites for hydroxylation is 1. The van der Waals surface area contributed by atoms with E-state index in [-0.39, 0.29) is 17.8 Å². The van der Waals surface area contributed by atoms with Gasteiger partial charge in [0.2, 0.25) is 0 Å². The van der Waals surface area contributed by atoms with Crippen LogP contribution < -0.4 is 4.74 Å². The summed E-state index contributed by atoms with van der Waals surface area (Å²) in [6, 6.07) is 5.40. The molecule has 0 aromatic heterocycles. The summed E-state index contributed by atoms with van der Waals surface area (Å²) in [6.07, 6.45) is 0.559.